The highest BCUT2D eigenvalue weighted by Crippen LogP contribution is 2.08. The number of aliphatic carboxylic acids is 1. The summed E-state index contributed by atoms with van der Waals surface area (Å²) in [5.74, 6) is -1.06. The van der Waals surface area contributed by atoms with Crippen molar-refractivity contribution in [3.05, 3.63) is 16.1 Å². The van der Waals surface area contributed by atoms with Gasteiger partial charge >= 0.3 is 0 Å². The van der Waals surface area contributed by atoms with Gasteiger partial charge in [0.05, 0.1) is 18.8 Å². The third-order valence-corrected chi connectivity index (χ3v) is 3.43. The van der Waals surface area contributed by atoms with Crippen molar-refractivity contribution in [3.63, 3.8) is 0 Å². The first-order valence-electron chi connectivity index (χ1n) is 6.12. The Morgan fingerprint density at radius 1 is 1.41 bits per heavy atom. The van der Waals surface area contributed by atoms with Crippen LogP contribution in [0.25, 0.3) is 0 Å². The number of nitrogens with zero attached hydrogens (tertiary/aromatic N) is 1. The first-order chi connectivity index (χ1) is 8.15. The van der Waals surface area contributed by atoms with Gasteiger partial charge in [0.1, 0.15) is 11.6 Å². The fourth-order valence-electron chi connectivity index (χ4n) is 1.88. The summed E-state index contributed by atoms with van der Waals surface area (Å²) in [5, 5.41) is 13.3. The Balaban J connectivity index is 2.53. The minimum atomic E-state index is -1.06. The summed E-state index contributed by atoms with van der Waals surface area (Å²) >= 11 is 1.55. The Bertz CT molecular complexity index is 346. The maximum Gasteiger partial charge on any atom is 0.147 e. The zero-order valence-electron chi connectivity index (χ0n) is 10.5. The number of quaternary nitrogens is 1. The van der Waals surface area contributed by atoms with Gasteiger partial charge in [-0.1, -0.05) is 13.8 Å². The smallest absolute Gasteiger partial charge is 0.147 e. The van der Waals surface area contributed by atoms with Crippen LogP contribution in [0.15, 0.2) is 5.38 Å². The molecule has 17 heavy (non-hydrogen) atoms. The molecule has 0 spiro atoms. The molecular weight excluding hydrogens is 236 g/mol. The predicted molar refractivity (Wildman–Crippen MR) is 65.8 cm³/mol. The fourth-order valence-corrected chi connectivity index (χ4v) is 2.75. The van der Waals surface area contributed by atoms with Gasteiger partial charge < -0.3 is 14.8 Å². The standard InChI is InChI=1S/C12H20N2O2S/c1-3-5-14(6-4-2)8-11-13-10(9-17-11)7-12(15)16/h9H,3-8H2,1-2H3,(H,15,16). The number of thiazole rings is 1. The second kappa shape index (κ2) is 7.40. The third-order valence-electron chi connectivity index (χ3n) is 2.53. The van der Waals surface area contributed by atoms with E-state index in [1.165, 1.54) is 4.90 Å². The van der Waals surface area contributed by atoms with Gasteiger partial charge in [0.15, 0.2) is 0 Å². The molecule has 1 heterocycles. The number of aromatic nitrogens is 1. The van der Waals surface area contributed by atoms with Crippen molar-refractivity contribution in [2.24, 2.45) is 0 Å². The van der Waals surface area contributed by atoms with E-state index in [4.69, 9.17) is 0 Å². The minimum absolute atomic E-state index is 0.0760. The highest BCUT2D eigenvalue weighted by molar-refractivity contribution is 7.09. The van der Waals surface area contributed by atoms with Gasteiger partial charge in [-0.15, -0.1) is 11.3 Å². The normalized spacial score (nSPS) is 11.0. The van der Waals surface area contributed by atoms with Gasteiger partial charge in [0.2, 0.25) is 0 Å². The van der Waals surface area contributed by atoms with Gasteiger partial charge in [0, 0.05) is 17.8 Å². The quantitative estimate of drug-likeness (QED) is 0.691. The summed E-state index contributed by atoms with van der Waals surface area (Å²) in [7, 11) is 0. The van der Waals surface area contributed by atoms with Crippen LogP contribution < -0.4 is 10.0 Å². The lowest BCUT2D eigenvalue weighted by molar-refractivity contribution is -0.914. The molecule has 0 aromatic carbocycles. The van der Waals surface area contributed by atoms with E-state index in [0.29, 0.717) is 5.69 Å². The summed E-state index contributed by atoms with van der Waals surface area (Å²) in [6.07, 6.45) is 2.24. The number of hydrogen-bond acceptors (Lipinski definition) is 4. The Kier molecular flexibility index (Phi) is 6.15. The van der Waals surface area contributed by atoms with Crippen LogP contribution >= 0.6 is 11.3 Å². The Labute approximate surface area is 106 Å². The first kappa shape index (κ1) is 14.1. The molecule has 1 aromatic rings. The molecule has 0 saturated heterocycles. The van der Waals surface area contributed by atoms with Crippen LogP contribution in [0.2, 0.25) is 0 Å². The van der Waals surface area contributed by atoms with Crippen LogP contribution in [0, 0.1) is 0 Å². The van der Waals surface area contributed by atoms with Crippen molar-refractivity contribution in [3.8, 4) is 0 Å². The van der Waals surface area contributed by atoms with Crippen molar-refractivity contribution in [1.29, 1.82) is 0 Å². The molecule has 1 rings (SSSR count). The number of hydrogen-bond donors (Lipinski definition) is 1. The number of carbonyl (C=O) groups excluding carboxylic acids is 1. The molecule has 4 nitrogen and oxygen atoms in total. The van der Waals surface area contributed by atoms with Crippen LogP contribution in [-0.4, -0.2) is 24.0 Å². The van der Waals surface area contributed by atoms with E-state index in [9.17, 15) is 9.90 Å². The average Bonchev–Trinajstić information content (AvgIpc) is 2.65. The number of nitrogens with one attached hydrogen (secondary N) is 1. The van der Waals surface area contributed by atoms with E-state index in [0.717, 1.165) is 37.5 Å². The fraction of sp³-hybridized carbons (Fsp3) is 0.667. The number of carboxylic acid groups (broad SMARTS) is 1. The molecule has 0 bridgehead atoms. The van der Waals surface area contributed by atoms with Crippen LogP contribution in [0.3, 0.4) is 0 Å². The summed E-state index contributed by atoms with van der Waals surface area (Å²) in [6, 6.07) is 0. The lowest BCUT2D eigenvalue weighted by Crippen LogP contribution is -3.10. The second-order valence-electron chi connectivity index (χ2n) is 4.21. The van der Waals surface area contributed by atoms with Gasteiger partial charge in [-0.25, -0.2) is 4.98 Å². The van der Waals surface area contributed by atoms with E-state index < -0.39 is 5.97 Å². The van der Waals surface area contributed by atoms with Crippen LogP contribution in [0.1, 0.15) is 37.4 Å². The Hall–Kier alpha value is -0.940. The zero-order valence-corrected chi connectivity index (χ0v) is 11.3. The lowest BCUT2D eigenvalue weighted by Gasteiger charge is -2.16. The summed E-state index contributed by atoms with van der Waals surface area (Å²) in [4.78, 5) is 16.3. The highest BCUT2D eigenvalue weighted by Gasteiger charge is 2.10. The third kappa shape index (κ3) is 5.28. The van der Waals surface area contributed by atoms with Crippen LogP contribution in [0.4, 0.5) is 0 Å². The molecule has 0 atom stereocenters. The van der Waals surface area contributed by atoms with Crippen LogP contribution in [-0.2, 0) is 17.8 Å². The molecule has 1 N–H and O–H groups in total. The van der Waals surface area contributed by atoms with Gasteiger partial charge in [0.25, 0.3) is 0 Å². The molecule has 0 aliphatic carbocycles. The monoisotopic (exact) mass is 256 g/mol. The lowest BCUT2D eigenvalue weighted by atomic mass is 10.3. The predicted octanol–water partition coefficient (Wildman–Crippen LogP) is -0.360. The summed E-state index contributed by atoms with van der Waals surface area (Å²) in [6.45, 7) is 7.55. The summed E-state index contributed by atoms with van der Waals surface area (Å²) < 4.78 is 0. The average molecular weight is 256 g/mol. The van der Waals surface area contributed by atoms with Crippen molar-refractivity contribution in [1.82, 2.24) is 4.98 Å². The van der Waals surface area contributed by atoms with Crippen molar-refractivity contribution < 1.29 is 14.8 Å². The molecule has 0 aliphatic rings. The highest BCUT2D eigenvalue weighted by atomic mass is 32.1. The maximum atomic E-state index is 10.5. The van der Waals surface area contributed by atoms with E-state index >= 15 is 0 Å². The molecular formula is C12H20N2O2S. The molecule has 1 aromatic heterocycles. The van der Waals surface area contributed by atoms with E-state index in [1.54, 1.807) is 11.3 Å². The Morgan fingerprint density at radius 3 is 2.59 bits per heavy atom. The van der Waals surface area contributed by atoms with E-state index in [-0.39, 0.29) is 6.42 Å². The molecule has 96 valence electrons. The van der Waals surface area contributed by atoms with Gasteiger partial charge in [-0.3, -0.25) is 0 Å². The van der Waals surface area contributed by atoms with Crippen molar-refractivity contribution in [2.45, 2.75) is 39.7 Å². The number of carbonyl (C=O) groups is 1. The molecule has 0 fully saturated rings. The molecule has 0 unspecified atom stereocenters. The molecule has 0 aliphatic heterocycles. The zero-order chi connectivity index (χ0) is 12.7. The van der Waals surface area contributed by atoms with Crippen molar-refractivity contribution >= 4 is 17.3 Å². The largest absolute Gasteiger partial charge is 0.550 e. The molecule has 0 amide bonds. The van der Waals surface area contributed by atoms with E-state index in [2.05, 4.69) is 18.8 Å². The van der Waals surface area contributed by atoms with Gasteiger partial charge in [-0.05, 0) is 12.8 Å². The number of rotatable bonds is 8. The second-order valence-corrected chi connectivity index (χ2v) is 5.15. The van der Waals surface area contributed by atoms with E-state index in [1.807, 2.05) is 5.38 Å². The topological polar surface area (TPSA) is 57.5 Å². The minimum Gasteiger partial charge on any atom is -0.550 e. The first-order valence-corrected chi connectivity index (χ1v) is 7.00. The molecule has 0 saturated carbocycles. The van der Waals surface area contributed by atoms with Crippen LogP contribution in [0.5, 0.6) is 0 Å². The summed E-state index contributed by atoms with van der Waals surface area (Å²) in [5.41, 5.74) is 0.623. The van der Waals surface area contributed by atoms with Crippen molar-refractivity contribution in [2.75, 3.05) is 13.1 Å². The van der Waals surface area contributed by atoms with Gasteiger partial charge in [-0.2, -0.15) is 0 Å². The number of carboxylic acids is 1. The maximum absolute atomic E-state index is 10.5. The SMILES string of the molecule is CCC[NH+](CCC)Cc1nc(CC(=O)[O-])cs1. The Morgan fingerprint density at radius 2 is 2.06 bits per heavy atom. The molecule has 0 radical (unpaired) electrons. The molecule has 5 heteroatoms.